The van der Waals surface area contributed by atoms with E-state index >= 15 is 0 Å². The van der Waals surface area contributed by atoms with Crippen LogP contribution in [0.3, 0.4) is 0 Å². The van der Waals surface area contributed by atoms with Gasteiger partial charge in [-0.15, -0.1) is 0 Å². The molecule has 0 bridgehead atoms. The highest BCUT2D eigenvalue weighted by Gasteiger charge is 2.16. The van der Waals surface area contributed by atoms with Gasteiger partial charge in [0.2, 0.25) is 0 Å². The fraction of sp³-hybridized carbons (Fsp3) is 0.240. The van der Waals surface area contributed by atoms with Crippen LogP contribution in [0.4, 0.5) is 11.5 Å². The average Bonchev–Trinajstić information content (AvgIpc) is 3.33. The Hall–Kier alpha value is -3.75. The van der Waals surface area contributed by atoms with Crippen molar-refractivity contribution in [1.29, 1.82) is 0 Å². The van der Waals surface area contributed by atoms with Crippen LogP contribution < -0.4 is 10.6 Å². The number of fused-ring (bicyclic) bond motifs is 2. The number of ether oxygens (including phenoxy) is 1. The molecule has 3 N–H and O–H groups in total. The summed E-state index contributed by atoms with van der Waals surface area (Å²) in [5, 5.41) is 15.0. The summed E-state index contributed by atoms with van der Waals surface area (Å²) in [6, 6.07) is 10.5. The maximum Gasteiger partial charge on any atom is 0.136 e. The van der Waals surface area contributed by atoms with Crippen molar-refractivity contribution < 1.29 is 4.74 Å². The SMILES string of the molecule is C1=Cc2cc(-c3cncc(CN4CCOCC4)c3)nc(Nc3ccc4[nH]ncc4c3)c2CN1. The lowest BCUT2D eigenvalue weighted by Gasteiger charge is -2.26. The van der Waals surface area contributed by atoms with Gasteiger partial charge in [-0.05, 0) is 53.7 Å². The number of nitrogens with one attached hydrogen (secondary N) is 3. The van der Waals surface area contributed by atoms with Gasteiger partial charge in [-0.1, -0.05) is 0 Å². The molecule has 3 aromatic heterocycles. The number of H-pyrrole nitrogens is 1. The highest BCUT2D eigenvalue weighted by molar-refractivity contribution is 5.83. The standard InChI is InChI=1S/C25H25N7O/c1-2-23-20(14-28-31-23)10-21(1)29-25-22-15-26-4-3-18(22)11-24(30-25)19-9-17(12-27-13-19)16-32-5-7-33-8-6-32/h1-4,9-14,26H,5-8,15-16H2,(H,28,31)(H,29,30). The topological polar surface area (TPSA) is 91.0 Å². The van der Waals surface area contributed by atoms with Crippen LogP contribution in [0.1, 0.15) is 16.7 Å². The van der Waals surface area contributed by atoms with Crippen molar-refractivity contribution in [3.63, 3.8) is 0 Å². The molecule has 6 rings (SSSR count). The Morgan fingerprint density at radius 2 is 2.00 bits per heavy atom. The highest BCUT2D eigenvalue weighted by atomic mass is 16.5. The molecule has 166 valence electrons. The largest absolute Gasteiger partial charge is 0.387 e. The first-order valence-electron chi connectivity index (χ1n) is 11.2. The first-order valence-corrected chi connectivity index (χ1v) is 11.2. The first-order chi connectivity index (χ1) is 16.3. The second-order valence-corrected chi connectivity index (χ2v) is 8.41. The fourth-order valence-electron chi connectivity index (χ4n) is 4.38. The highest BCUT2D eigenvalue weighted by Crippen LogP contribution is 2.31. The van der Waals surface area contributed by atoms with E-state index in [0.29, 0.717) is 0 Å². The number of aromatic nitrogens is 4. The maximum absolute atomic E-state index is 5.47. The third-order valence-electron chi connectivity index (χ3n) is 6.12. The van der Waals surface area contributed by atoms with Crippen LogP contribution in [0, 0.1) is 0 Å². The number of benzene rings is 1. The van der Waals surface area contributed by atoms with Crippen molar-refractivity contribution in [1.82, 2.24) is 30.4 Å². The number of nitrogens with zero attached hydrogens (tertiary/aromatic N) is 4. The minimum Gasteiger partial charge on any atom is -0.387 e. The molecule has 0 atom stereocenters. The zero-order valence-electron chi connectivity index (χ0n) is 18.2. The molecule has 0 amide bonds. The lowest BCUT2D eigenvalue weighted by Crippen LogP contribution is -2.35. The minimum absolute atomic E-state index is 0.727. The molecule has 4 aromatic rings. The monoisotopic (exact) mass is 439 g/mol. The van der Waals surface area contributed by atoms with Gasteiger partial charge in [-0.25, -0.2) is 4.98 Å². The predicted octanol–water partition coefficient (Wildman–Crippen LogP) is 3.67. The summed E-state index contributed by atoms with van der Waals surface area (Å²) >= 11 is 0. The van der Waals surface area contributed by atoms with E-state index in [2.05, 4.69) is 55.0 Å². The van der Waals surface area contributed by atoms with E-state index in [9.17, 15) is 0 Å². The number of hydrogen-bond donors (Lipinski definition) is 3. The van der Waals surface area contributed by atoms with Gasteiger partial charge in [-0.2, -0.15) is 5.10 Å². The molecule has 5 heterocycles. The smallest absolute Gasteiger partial charge is 0.136 e. The van der Waals surface area contributed by atoms with E-state index in [1.807, 2.05) is 36.9 Å². The van der Waals surface area contributed by atoms with Crippen molar-refractivity contribution in [2.24, 2.45) is 0 Å². The molecule has 2 aliphatic heterocycles. The Labute approximate surface area is 191 Å². The summed E-state index contributed by atoms with van der Waals surface area (Å²) < 4.78 is 5.47. The number of rotatable bonds is 5. The molecule has 33 heavy (non-hydrogen) atoms. The maximum atomic E-state index is 5.47. The Kier molecular flexibility index (Phi) is 5.22. The van der Waals surface area contributed by atoms with E-state index in [1.165, 1.54) is 5.56 Å². The zero-order valence-corrected chi connectivity index (χ0v) is 18.2. The quantitative estimate of drug-likeness (QED) is 0.437. The lowest BCUT2D eigenvalue weighted by molar-refractivity contribution is 0.0341. The van der Waals surface area contributed by atoms with Crippen molar-refractivity contribution in [3.8, 4) is 11.3 Å². The Morgan fingerprint density at radius 1 is 1.06 bits per heavy atom. The van der Waals surface area contributed by atoms with Crippen molar-refractivity contribution in [3.05, 3.63) is 71.8 Å². The number of morpholine rings is 1. The van der Waals surface area contributed by atoms with Crippen LogP contribution in [0.15, 0.2) is 55.1 Å². The molecule has 1 aromatic carbocycles. The molecule has 8 nitrogen and oxygen atoms in total. The normalized spacial score (nSPS) is 15.9. The number of aromatic amines is 1. The predicted molar refractivity (Wildman–Crippen MR) is 129 cm³/mol. The van der Waals surface area contributed by atoms with Crippen molar-refractivity contribution in [2.45, 2.75) is 13.1 Å². The molecule has 1 fully saturated rings. The summed E-state index contributed by atoms with van der Waals surface area (Å²) in [6.07, 6.45) is 9.75. The van der Waals surface area contributed by atoms with E-state index in [0.717, 1.165) is 84.2 Å². The summed E-state index contributed by atoms with van der Waals surface area (Å²) in [6.45, 7) is 5.08. The Bertz CT molecular complexity index is 1320. The van der Waals surface area contributed by atoms with Gasteiger partial charge in [0.25, 0.3) is 0 Å². The fourth-order valence-corrected chi connectivity index (χ4v) is 4.38. The molecular weight excluding hydrogens is 414 g/mol. The summed E-state index contributed by atoms with van der Waals surface area (Å²) in [5.74, 6) is 0.848. The van der Waals surface area contributed by atoms with E-state index in [4.69, 9.17) is 9.72 Å². The molecule has 0 unspecified atom stereocenters. The molecular formula is C25H25N7O. The Balaban J connectivity index is 1.34. The van der Waals surface area contributed by atoms with Crippen LogP contribution >= 0.6 is 0 Å². The first kappa shape index (κ1) is 19.9. The molecule has 0 radical (unpaired) electrons. The van der Waals surface area contributed by atoms with Gasteiger partial charge in [0.05, 0.1) is 30.6 Å². The molecule has 0 saturated carbocycles. The second-order valence-electron chi connectivity index (χ2n) is 8.41. The molecule has 8 heteroatoms. The van der Waals surface area contributed by atoms with Gasteiger partial charge in [-0.3, -0.25) is 15.0 Å². The molecule has 1 saturated heterocycles. The van der Waals surface area contributed by atoms with E-state index < -0.39 is 0 Å². The number of anilines is 2. The number of pyridine rings is 2. The third-order valence-corrected chi connectivity index (χ3v) is 6.12. The van der Waals surface area contributed by atoms with Gasteiger partial charge in [0, 0.05) is 60.8 Å². The second kappa shape index (κ2) is 8.65. The van der Waals surface area contributed by atoms with Crippen LogP contribution in [-0.2, 0) is 17.8 Å². The summed E-state index contributed by atoms with van der Waals surface area (Å²) in [5.41, 5.74) is 7.40. The van der Waals surface area contributed by atoms with Gasteiger partial charge in [0.1, 0.15) is 5.82 Å². The summed E-state index contributed by atoms with van der Waals surface area (Å²) in [4.78, 5) is 11.9. The Morgan fingerprint density at radius 3 is 2.94 bits per heavy atom. The van der Waals surface area contributed by atoms with Gasteiger partial charge in [0.15, 0.2) is 0 Å². The van der Waals surface area contributed by atoms with Gasteiger partial charge >= 0.3 is 0 Å². The molecule has 2 aliphatic rings. The summed E-state index contributed by atoms with van der Waals surface area (Å²) in [7, 11) is 0. The van der Waals surface area contributed by atoms with Crippen LogP contribution in [-0.4, -0.2) is 51.4 Å². The minimum atomic E-state index is 0.727. The van der Waals surface area contributed by atoms with Crippen molar-refractivity contribution >= 4 is 28.5 Å². The average molecular weight is 440 g/mol. The molecule has 0 spiro atoms. The van der Waals surface area contributed by atoms with Crippen LogP contribution in [0.2, 0.25) is 0 Å². The van der Waals surface area contributed by atoms with Crippen LogP contribution in [0.25, 0.3) is 28.2 Å². The molecule has 0 aliphatic carbocycles. The van der Waals surface area contributed by atoms with Crippen LogP contribution in [0.5, 0.6) is 0 Å². The number of hydrogen-bond acceptors (Lipinski definition) is 7. The third kappa shape index (κ3) is 4.18. The van der Waals surface area contributed by atoms with Crippen molar-refractivity contribution in [2.75, 3.05) is 31.6 Å². The van der Waals surface area contributed by atoms with Gasteiger partial charge < -0.3 is 15.4 Å². The lowest BCUT2D eigenvalue weighted by atomic mass is 10.0. The van der Waals surface area contributed by atoms with E-state index in [-0.39, 0.29) is 0 Å². The van der Waals surface area contributed by atoms with E-state index in [1.54, 1.807) is 0 Å². The zero-order chi connectivity index (χ0) is 22.0.